The van der Waals surface area contributed by atoms with Crippen LogP contribution in [0.3, 0.4) is 0 Å². The summed E-state index contributed by atoms with van der Waals surface area (Å²) in [7, 11) is 0. The number of aromatic nitrogens is 1. The molecule has 0 aliphatic carbocycles. The number of para-hydroxylation sites is 1. The molecule has 0 radical (unpaired) electrons. The van der Waals surface area contributed by atoms with Crippen LogP contribution in [0.4, 0.5) is 5.69 Å². The molecule has 0 spiro atoms. The first-order valence-corrected chi connectivity index (χ1v) is 7.12. The number of amides is 1. The summed E-state index contributed by atoms with van der Waals surface area (Å²) in [6.07, 6.45) is 1.70. The third-order valence-electron chi connectivity index (χ3n) is 3.06. The Bertz CT molecular complexity index is 815. The first kappa shape index (κ1) is 14.4. The van der Waals surface area contributed by atoms with Gasteiger partial charge in [0.05, 0.1) is 0 Å². The second kappa shape index (κ2) is 6.45. The monoisotopic (exact) mass is 312 g/mol. The Kier molecular flexibility index (Phi) is 4.21. The zero-order valence-electron chi connectivity index (χ0n) is 11.6. The summed E-state index contributed by atoms with van der Waals surface area (Å²) < 4.78 is 5.58. The number of hydrogen-bond donors (Lipinski definition) is 1. The summed E-state index contributed by atoms with van der Waals surface area (Å²) in [6, 6.07) is 16.4. The number of hydrogen-bond acceptors (Lipinski definition) is 3. The maximum Gasteiger partial charge on any atom is 0.262 e. The maximum absolute atomic E-state index is 11.9. The van der Waals surface area contributed by atoms with E-state index in [4.69, 9.17) is 16.3 Å². The normalized spacial score (nSPS) is 10.4. The van der Waals surface area contributed by atoms with Crippen molar-refractivity contribution in [3.05, 3.63) is 65.8 Å². The number of halogens is 1. The van der Waals surface area contributed by atoms with E-state index in [0.29, 0.717) is 16.5 Å². The predicted octanol–water partition coefficient (Wildman–Crippen LogP) is 3.91. The number of fused-ring (bicyclic) bond motifs is 1. The summed E-state index contributed by atoms with van der Waals surface area (Å²) in [6.45, 7) is -0.0950. The average Bonchev–Trinajstić information content (AvgIpc) is 2.53. The smallest absolute Gasteiger partial charge is 0.262 e. The Hall–Kier alpha value is -2.59. The molecule has 2 aromatic carbocycles. The molecule has 0 unspecified atom stereocenters. The minimum absolute atomic E-state index is 0.0950. The molecule has 0 saturated heterocycles. The van der Waals surface area contributed by atoms with Crippen molar-refractivity contribution >= 4 is 34.1 Å². The van der Waals surface area contributed by atoms with Gasteiger partial charge < -0.3 is 10.1 Å². The number of nitrogens with zero attached hydrogens (tertiary/aromatic N) is 1. The summed E-state index contributed by atoms with van der Waals surface area (Å²) in [5.74, 6) is 0.328. The van der Waals surface area contributed by atoms with Crippen LogP contribution in [0, 0.1) is 0 Å². The highest BCUT2D eigenvalue weighted by atomic mass is 35.5. The topological polar surface area (TPSA) is 51.2 Å². The Morgan fingerprint density at radius 1 is 1.14 bits per heavy atom. The van der Waals surface area contributed by atoms with Crippen molar-refractivity contribution in [2.45, 2.75) is 0 Å². The lowest BCUT2D eigenvalue weighted by atomic mass is 10.2. The number of rotatable bonds is 4. The Balaban J connectivity index is 1.68. The van der Waals surface area contributed by atoms with Gasteiger partial charge in [-0.15, -0.1) is 0 Å². The van der Waals surface area contributed by atoms with Gasteiger partial charge in [-0.3, -0.25) is 9.78 Å². The van der Waals surface area contributed by atoms with Crippen molar-refractivity contribution in [2.24, 2.45) is 0 Å². The van der Waals surface area contributed by atoms with Gasteiger partial charge in [-0.2, -0.15) is 0 Å². The molecule has 4 nitrogen and oxygen atoms in total. The molecule has 5 heteroatoms. The van der Waals surface area contributed by atoms with Crippen LogP contribution >= 0.6 is 11.6 Å². The number of anilines is 1. The zero-order chi connectivity index (χ0) is 15.4. The fourth-order valence-electron chi connectivity index (χ4n) is 2.10. The SMILES string of the molecule is O=C(COc1cccc2cccnc12)Nc1cccc(Cl)c1. The van der Waals surface area contributed by atoms with Crippen molar-refractivity contribution in [1.82, 2.24) is 4.98 Å². The van der Waals surface area contributed by atoms with E-state index in [0.717, 1.165) is 10.9 Å². The first-order valence-electron chi connectivity index (χ1n) is 6.74. The zero-order valence-corrected chi connectivity index (χ0v) is 12.4. The van der Waals surface area contributed by atoms with E-state index in [1.54, 1.807) is 36.5 Å². The molecule has 110 valence electrons. The summed E-state index contributed by atoms with van der Waals surface area (Å²) >= 11 is 5.88. The molecule has 0 bridgehead atoms. The largest absolute Gasteiger partial charge is 0.481 e. The number of carbonyl (C=O) groups excluding carboxylic acids is 1. The Morgan fingerprint density at radius 3 is 2.82 bits per heavy atom. The van der Waals surface area contributed by atoms with Crippen LogP contribution in [0.25, 0.3) is 10.9 Å². The summed E-state index contributed by atoms with van der Waals surface area (Å²) in [5.41, 5.74) is 1.37. The molecule has 1 amide bonds. The van der Waals surface area contributed by atoms with Crippen molar-refractivity contribution in [3.8, 4) is 5.75 Å². The molecule has 0 saturated carbocycles. The van der Waals surface area contributed by atoms with Gasteiger partial charge in [-0.1, -0.05) is 35.9 Å². The maximum atomic E-state index is 11.9. The Labute approximate surface area is 132 Å². The highest BCUT2D eigenvalue weighted by Gasteiger charge is 2.07. The van der Waals surface area contributed by atoms with E-state index in [9.17, 15) is 4.79 Å². The minimum Gasteiger partial charge on any atom is -0.481 e. The fourth-order valence-corrected chi connectivity index (χ4v) is 2.29. The first-order chi connectivity index (χ1) is 10.7. The molecular formula is C17H13ClN2O2. The third kappa shape index (κ3) is 3.35. The van der Waals surface area contributed by atoms with Crippen molar-refractivity contribution < 1.29 is 9.53 Å². The molecular weight excluding hydrogens is 300 g/mol. The lowest BCUT2D eigenvalue weighted by Crippen LogP contribution is -2.20. The van der Waals surface area contributed by atoms with E-state index in [2.05, 4.69) is 10.3 Å². The van der Waals surface area contributed by atoms with Crippen LogP contribution < -0.4 is 10.1 Å². The van der Waals surface area contributed by atoms with Crippen LogP contribution in [-0.4, -0.2) is 17.5 Å². The number of ether oxygens (including phenoxy) is 1. The third-order valence-corrected chi connectivity index (χ3v) is 3.30. The van der Waals surface area contributed by atoms with E-state index >= 15 is 0 Å². The molecule has 0 atom stereocenters. The lowest BCUT2D eigenvalue weighted by molar-refractivity contribution is -0.118. The van der Waals surface area contributed by atoms with E-state index < -0.39 is 0 Å². The van der Waals surface area contributed by atoms with Gasteiger partial charge in [0, 0.05) is 22.3 Å². The quantitative estimate of drug-likeness (QED) is 0.794. The molecule has 1 heterocycles. The average molecular weight is 313 g/mol. The number of nitrogens with one attached hydrogen (secondary N) is 1. The molecule has 0 aliphatic heterocycles. The lowest BCUT2D eigenvalue weighted by Gasteiger charge is -2.09. The van der Waals surface area contributed by atoms with E-state index in [1.165, 1.54) is 0 Å². The van der Waals surface area contributed by atoms with Gasteiger partial charge in [0.15, 0.2) is 6.61 Å². The predicted molar refractivity (Wildman–Crippen MR) is 87.3 cm³/mol. The van der Waals surface area contributed by atoms with Gasteiger partial charge in [0.25, 0.3) is 5.91 Å². The van der Waals surface area contributed by atoms with Gasteiger partial charge in [0.2, 0.25) is 0 Å². The van der Waals surface area contributed by atoms with E-state index in [1.807, 2.05) is 24.3 Å². The molecule has 3 rings (SSSR count). The van der Waals surface area contributed by atoms with Crippen LogP contribution in [0.2, 0.25) is 5.02 Å². The second-order valence-electron chi connectivity index (χ2n) is 4.68. The van der Waals surface area contributed by atoms with Crippen molar-refractivity contribution in [1.29, 1.82) is 0 Å². The fraction of sp³-hybridized carbons (Fsp3) is 0.0588. The van der Waals surface area contributed by atoms with Crippen molar-refractivity contribution in [3.63, 3.8) is 0 Å². The van der Waals surface area contributed by atoms with Gasteiger partial charge in [-0.25, -0.2) is 0 Å². The number of benzene rings is 2. The van der Waals surface area contributed by atoms with Crippen molar-refractivity contribution in [2.75, 3.05) is 11.9 Å². The van der Waals surface area contributed by atoms with Gasteiger partial charge in [0.1, 0.15) is 11.3 Å². The standard InChI is InChI=1S/C17H13ClN2O2/c18-13-6-2-7-14(10-13)20-16(21)11-22-15-8-1-4-12-5-3-9-19-17(12)15/h1-10H,11H2,(H,20,21). The number of carbonyl (C=O) groups is 1. The molecule has 3 aromatic rings. The molecule has 1 N–H and O–H groups in total. The van der Waals surface area contributed by atoms with Crippen LogP contribution in [0.15, 0.2) is 60.8 Å². The second-order valence-corrected chi connectivity index (χ2v) is 5.11. The van der Waals surface area contributed by atoms with Crippen LogP contribution in [-0.2, 0) is 4.79 Å². The molecule has 1 aromatic heterocycles. The summed E-state index contributed by atoms with van der Waals surface area (Å²) in [5, 5.41) is 4.27. The highest BCUT2D eigenvalue weighted by Crippen LogP contribution is 2.23. The molecule has 22 heavy (non-hydrogen) atoms. The number of pyridine rings is 1. The minimum atomic E-state index is -0.254. The summed E-state index contributed by atoms with van der Waals surface area (Å²) in [4.78, 5) is 16.2. The Morgan fingerprint density at radius 2 is 1.95 bits per heavy atom. The van der Waals surface area contributed by atoms with Gasteiger partial charge in [-0.05, 0) is 30.3 Å². The van der Waals surface area contributed by atoms with E-state index in [-0.39, 0.29) is 12.5 Å². The molecule has 0 aliphatic rings. The van der Waals surface area contributed by atoms with Crippen LogP contribution in [0.1, 0.15) is 0 Å². The van der Waals surface area contributed by atoms with Gasteiger partial charge >= 0.3 is 0 Å². The van der Waals surface area contributed by atoms with Crippen LogP contribution in [0.5, 0.6) is 5.75 Å². The molecule has 0 fully saturated rings. The highest BCUT2D eigenvalue weighted by molar-refractivity contribution is 6.30.